The summed E-state index contributed by atoms with van der Waals surface area (Å²) in [7, 11) is 0. The van der Waals surface area contributed by atoms with Crippen LogP contribution in [0.1, 0.15) is 18.5 Å². The third kappa shape index (κ3) is 2.99. The zero-order valence-electron chi connectivity index (χ0n) is 7.94. The minimum atomic E-state index is 0.572. The van der Waals surface area contributed by atoms with Crippen LogP contribution in [0.2, 0.25) is 0 Å². The molecule has 14 heavy (non-hydrogen) atoms. The molecule has 1 aliphatic rings. The van der Waals surface area contributed by atoms with Crippen LogP contribution in [0.25, 0.3) is 0 Å². The van der Waals surface area contributed by atoms with E-state index in [0.29, 0.717) is 12.0 Å². The summed E-state index contributed by atoms with van der Waals surface area (Å²) in [5.41, 5.74) is 8.61. The molecule has 0 atom stereocenters. The van der Waals surface area contributed by atoms with Crippen molar-refractivity contribution >= 4 is 17.3 Å². The number of nitrogens with two attached hydrogens (primary N) is 1. The van der Waals surface area contributed by atoms with Gasteiger partial charge in [0, 0.05) is 24.4 Å². The number of hydrogen-bond donors (Lipinski definition) is 2. The molecule has 3 N–H and O–H groups in total. The van der Waals surface area contributed by atoms with Gasteiger partial charge in [0.15, 0.2) is 5.96 Å². The highest BCUT2D eigenvalue weighted by molar-refractivity contribution is 7.07. The molecule has 1 saturated carbocycles. The Kier molecular flexibility index (Phi) is 2.98. The molecule has 0 aliphatic heterocycles. The molecule has 0 spiro atoms. The van der Waals surface area contributed by atoms with Crippen molar-refractivity contribution in [1.82, 2.24) is 10.3 Å². The van der Waals surface area contributed by atoms with Crippen molar-refractivity contribution in [1.29, 1.82) is 0 Å². The van der Waals surface area contributed by atoms with Gasteiger partial charge in [0.25, 0.3) is 0 Å². The number of thiazole rings is 1. The van der Waals surface area contributed by atoms with Crippen LogP contribution in [-0.2, 0) is 6.42 Å². The minimum Gasteiger partial charge on any atom is -0.370 e. The summed E-state index contributed by atoms with van der Waals surface area (Å²) in [6, 6.07) is 0.582. The van der Waals surface area contributed by atoms with E-state index in [1.165, 1.54) is 12.8 Å². The Bertz CT molecular complexity index is 303. The quantitative estimate of drug-likeness (QED) is 0.569. The van der Waals surface area contributed by atoms with E-state index in [9.17, 15) is 0 Å². The third-order valence-electron chi connectivity index (χ3n) is 2.06. The molecule has 2 rings (SSSR count). The van der Waals surface area contributed by atoms with Gasteiger partial charge in [-0.15, -0.1) is 11.3 Å². The fraction of sp³-hybridized carbons (Fsp3) is 0.556. The first-order chi connectivity index (χ1) is 6.84. The largest absolute Gasteiger partial charge is 0.370 e. The number of aliphatic imine (C=N–C) groups is 1. The first-order valence-corrected chi connectivity index (χ1v) is 5.72. The van der Waals surface area contributed by atoms with Crippen molar-refractivity contribution in [2.45, 2.75) is 25.3 Å². The molecule has 0 bridgehead atoms. The minimum absolute atomic E-state index is 0.572. The summed E-state index contributed by atoms with van der Waals surface area (Å²) in [4.78, 5) is 8.40. The van der Waals surface area contributed by atoms with E-state index in [4.69, 9.17) is 5.73 Å². The zero-order valence-corrected chi connectivity index (χ0v) is 8.76. The van der Waals surface area contributed by atoms with Crippen LogP contribution >= 0.6 is 11.3 Å². The van der Waals surface area contributed by atoms with Gasteiger partial charge in [-0.1, -0.05) is 0 Å². The van der Waals surface area contributed by atoms with Crippen molar-refractivity contribution in [3.63, 3.8) is 0 Å². The summed E-state index contributed by atoms with van der Waals surface area (Å²) in [5, 5.41) is 5.19. The van der Waals surface area contributed by atoms with Crippen LogP contribution in [0.15, 0.2) is 15.9 Å². The van der Waals surface area contributed by atoms with E-state index in [0.717, 1.165) is 18.7 Å². The molecule has 0 saturated heterocycles. The van der Waals surface area contributed by atoms with Crippen LogP contribution in [0.5, 0.6) is 0 Å². The van der Waals surface area contributed by atoms with Gasteiger partial charge in [-0.2, -0.15) is 0 Å². The molecule has 1 heterocycles. The molecule has 1 aromatic heterocycles. The highest BCUT2D eigenvalue weighted by Crippen LogP contribution is 2.17. The second kappa shape index (κ2) is 4.41. The Balaban J connectivity index is 1.69. The number of aromatic nitrogens is 1. The smallest absolute Gasteiger partial charge is 0.188 e. The number of nitrogens with zero attached hydrogens (tertiary/aromatic N) is 2. The van der Waals surface area contributed by atoms with E-state index in [1.54, 1.807) is 11.3 Å². The van der Waals surface area contributed by atoms with E-state index in [2.05, 4.69) is 15.3 Å². The number of nitrogens with one attached hydrogen (secondary N) is 1. The lowest BCUT2D eigenvalue weighted by Gasteiger charge is -2.01. The standard InChI is InChI=1S/C9H14N4S/c10-9(13-7-1-2-7)11-4-3-8-5-14-6-12-8/h5-7H,1-4H2,(H3,10,11,13). The van der Waals surface area contributed by atoms with Gasteiger partial charge in [-0.3, -0.25) is 4.99 Å². The summed E-state index contributed by atoms with van der Waals surface area (Å²) in [6.45, 7) is 0.718. The molecule has 0 aromatic carbocycles. The van der Waals surface area contributed by atoms with Crippen LogP contribution in [-0.4, -0.2) is 23.5 Å². The lowest BCUT2D eigenvalue weighted by molar-refractivity contribution is 0.864. The second-order valence-corrected chi connectivity index (χ2v) is 4.13. The van der Waals surface area contributed by atoms with Crippen LogP contribution < -0.4 is 11.1 Å². The second-order valence-electron chi connectivity index (χ2n) is 3.42. The first kappa shape index (κ1) is 9.45. The molecule has 1 fully saturated rings. The average Bonchev–Trinajstić information content (AvgIpc) is 2.82. The van der Waals surface area contributed by atoms with Crippen LogP contribution in [0.4, 0.5) is 0 Å². The third-order valence-corrected chi connectivity index (χ3v) is 2.70. The molecule has 0 unspecified atom stereocenters. The fourth-order valence-electron chi connectivity index (χ4n) is 1.13. The normalized spacial score (nSPS) is 17.0. The van der Waals surface area contributed by atoms with E-state index in [1.807, 2.05) is 10.9 Å². The van der Waals surface area contributed by atoms with Gasteiger partial charge in [-0.25, -0.2) is 4.98 Å². The molecular formula is C9H14N4S. The summed E-state index contributed by atoms with van der Waals surface area (Å²) < 4.78 is 0. The maximum absolute atomic E-state index is 5.68. The predicted octanol–water partition coefficient (Wildman–Crippen LogP) is 0.752. The zero-order chi connectivity index (χ0) is 9.80. The van der Waals surface area contributed by atoms with Gasteiger partial charge in [0.1, 0.15) is 0 Å². The Morgan fingerprint density at radius 1 is 1.71 bits per heavy atom. The van der Waals surface area contributed by atoms with Crippen molar-refractivity contribution < 1.29 is 0 Å². The van der Waals surface area contributed by atoms with Crippen molar-refractivity contribution in [3.05, 3.63) is 16.6 Å². The number of hydrogen-bond acceptors (Lipinski definition) is 3. The van der Waals surface area contributed by atoms with Gasteiger partial charge in [0.2, 0.25) is 0 Å². The van der Waals surface area contributed by atoms with Gasteiger partial charge in [0.05, 0.1) is 11.2 Å². The van der Waals surface area contributed by atoms with Crippen molar-refractivity contribution in [3.8, 4) is 0 Å². The van der Waals surface area contributed by atoms with E-state index >= 15 is 0 Å². The van der Waals surface area contributed by atoms with Gasteiger partial charge < -0.3 is 11.1 Å². The van der Waals surface area contributed by atoms with Crippen molar-refractivity contribution in [2.24, 2.45) is 10.7 Å². The maximum Gasteiger partial charge on any atom is 0.188 e. The Labute approximate surface area is 87.3 Å². The molecular weight excluding hydrogens is 196 g/mol. The lowest BCUT2D eigenvalue weighted by Crippen LogP contribution is -2.33. The fourth-order valence-corrected chi connectivity index (χ4v) is 1.73. The topological polar surface area (TPSA) is 63.3 Å². The SMILES string of the molecule is NC(=NCCc1cscn1)NC1CC1. The Hall–Kier alpha value is -1.10. The Morgan fingerprint density at radius 3 is 3.21 bits per heavy atom. The molecule has 5 heteroatoms. The Morgan fingerprint density at radius 2 is 2.57 bits per heavy atom. The highest BCUT2D eigenvalue weighted by Gasteiger charge is 2.21. The highest BCUT2D eigenvalue weighted by atomic mass is 32.1. The van der Waals surface area contributed by atoms with Crippen molar-refractivity contribution in [2.75, 3.05) is 6.54 Å². The van der Waals surface area contributed by atoms with E-state index in [-0.39, 0.29) is 0 Å². The summed E-state index contributed by atoms with van der Waals surface area (Å²) >= 11 is 1.61. The molecule has 1 aliphatic carbocycles. The van der Waals surface area contributed by atoms with Crippen LogP contribution in [0.3, 0.4) is 0 Å². The van der Waals surface area contributed by atoms with Gasteiger partial charge in [-0.05, 0) is 12.8 Å². The van der Waals surface area contributed by atoms with Gasteiger partial charge >= 0.3 is 0 Å². The maximum atomic E-state index is 5.68. The summed E-state index contributed by atoms with van der Waals surface area (Å²) in [5.74, 6) is 0.572. The molecule has 76 valence electrons. The average molecular weight is 210 g/mol. The monoisotopic (exact) mass is 210 g/mol. The number of rotatable bonds is 4. The first-order valence-electron chi connectivity index (χ1n) is 4.78. The molecule has 0 amide bonds. The summed E-state index contributed by atoms with van der Waals surface area (Å²) in [6.07, 6.45) is 3.32. The molecule has 4 nitrogen and oxygen atoms in total. The molecule has 0 radical (unpaired) electrons. The predicted molar refractivity (Wildman–Crippen MR) is 58.5 cm³/mol. The molecule has 1 aromatic rings. The van der Waals surface area contributed by atoms with Crippen LogP contribution in [0, 0.1) is 0 Å². The van der Waals surface area contributed by atoms with E-state index < -0.39 is 0 Å². The number of guanidine groups is 1. The lowest BCUT2D eigenvalue weighted by atomic mass is 10.3.